The summed E-state index contributed by atoms with van der Waals surface area (Å²) in [7, 11) is 8.25. The molecule has 0 fully saturated rings. The van der Waals surface area contributed by atoms with Gasteiger partial charge in [-0.3, -0.25) is 0 Å². The zero-order valence-electron chi connectivity index (χ0n) is 14.8. The summed E-state index contributed by atoms with van der Waals surface area (Å²) in [5.41, 5.74) is 3.17. The molecule has 0 saturated heterocycles. The number of likely N-dealkylation sites (N-methyl/N-ethyl adjacent to an activating group) is 1. The molecule has 2 aromatic rings. The van der Waals surface area contributed by atoms with Crippen LogP contribution >= 0.6 is 0 Å². The van der Waals surface area contributed by atoms with E-state index in [0.717, 1.165) is 5.69 Å². The van der Waals surface area contributed by atoms with E-state index in [0.29, 0.717) is 6.54 Å². The van der Waals surface area contributed by atoms with Gasteiger partial charge in [0.25, 0.3) is 0 Å². The lowest BCUT2D eigenvalue weighted by molar-refractivity contribution is -0.890. The van der Waals surface area contributed by atoms with E-state index in [1.165, 1.54) is 16.2 Å². The molecule has 0 unspecified atom stereocenters. The summed E-state index contributed by atoms with van der Waals surface area (Å²) in [5.74, 6) is 0. The fourth-order valence-electron chi connectivity index (χ4n) is 2.55. The van der Waals surface area contributed by atoms with E-state index in [-0.39, 0.29) is 12.1 Å². The van der Waals surface area contributed by atoms with Gasteiger partial charge in [0.05, 0.1) is 20.6 Å². The Kier molecular flexibility index (Phi) is 6.21. The standard InChI is InChI=1S/C19H26N4O/c1-22(2)17-12-10-15(11-13-17)18(23(3)4)14-20-19(24)21-16-8-6-5-7-9-16/h5-13,18H,14H2,1-4H3,(H2,20,21,24)/p+1/t18-/m1/s1. The molecule has 0 bridgehead atoms. The fourth-order valence-corrected chi connectivity index (χ4v) is 2.55. The number of benzene rings is 2. The lowest BCUT2D eigenvalue weighted by Crippen LogP contribution is -3.07. The van der Waals surface area contributed by atoms with Crippen LogP contribution in [0.1, 0.15) is 11.6 Å². The van der Waals surface area contributed by atoms with Gasteiger partial charge in [0.2, 0.25) is 0 Å². The van der Waals surface area contributed by atoms with Crippen LogP contribution in [0.15, 0.2) is 54.6 Å². The largest absolute Gasteiger partial charge is 0.378 e. The molecule has 1 atom stereocenters. The molecule has 128 valence electrons. The number of quaternary nitrogens is 1. The maximum Gasteiger partial charge on any atom is 0.319 e. The van der Waals surface area contributed by atoms with Crippen molar-refractivity contribution in [2.45, 2.75) is 6.04 Å². The lowest BCUT2D eigenvalue weighted by Gasteiger charge is -2.23. The number of urea groups is 1. The Balaban J connectivity index is 1.97. The van der Waals surface area contributed by atoms with E-state index in [1.807, 2.05) is 44.4 Å². The highest BCUT2D eigenvalue weighted by Crippen LogP contribution is 2.16. The van der Waals surface area contributed by atoms with E-state index in [1.54, 1.807) is 0 Å². The van der Waals surface area contributed by atoms with Gasteiger partial charge in [-0.25, -0.2) is 4.79 Å². The van der Waals surface area contributed by atoms with Crippen molar-refractivity contribution in [2.75, 3.05) is 45.0 Å². The van der Waals surface area contributed by atoms with Crippen molar-refractivity contribution < 1.29 is 9.69 Å². The quantitative estimate of drug-likeness (QED) is 0.757. The third kappa shape index (κ3) is 4.99. The number of para-hydroxylation sites is 1. The maximum atomic E-state index is 12.1. The topological polar surface area (TPSA) is 48.8 Å². The van der Waals surface area contributed by atoms with Crippen LogP contribution in [0.4, 0.5) is 16.2 Å². The van der Waals surface area contributed by atoms with Crippen molar-refractivity contribution in [1.82, 2.24) is 5.32 Å². The molecule has 0 aliphatic heterocycles. The summed E-state index contributed by atoms with van der Waals surface area (Å²) >= 11 is 0. The molecule has 0 aromatic heterocycles. The molecule has 5 heteroatoms. The van der Waals surface area contributed by atoms with Gasteiger partial charge in [-0.1, -0.05) is 30.3 Å². The van der Waals surface area contributed by atoms with Crippen LogP contribution in [0.2, 0.25) is 0 Å². The minimum Gasteiger partial charge on any atom is -0.378 e. The average molecular weight is 327 g/mol. The average Bonchev–Trinajstić information content (AvgIpc) is 2.56. The number of anilines is 2. The van der Waals surface area contributed by atoms with Gasteiger partial charge in [0, 0.05) is 31.0 Å². The number of hydrogen-bond donors (Lipinski definition) is 3. The van der Waals surface area contributed by atoms with Gasteiger partial charge in [0.15, 0.2) is 0 Å². The third-order valence-electron chi connectivity index (χ3n) is 4.01. The molecular weight excluding hydrogens is 300 g/mol. The van der Waals surface area contributed by atoms with Crippen LogP contribution in [-0.4, -0.2) is 40.8 Å². The molecule has 5 nitrogen and oxygen atoms in total. The van der Waals surface area contributed by atoms with Gasteiger partial charge in [-0.2, -0.15) is 0 Å². The van der Waals surface area contributed by atoms with Crippen molar-refractivity contribution in [2.24, 2.45) is 0 Å². The molecule has 0 spiro atoms. The van der Waals surface area contributed by atoms with Crippen LogP contribution < -0.4 is 20.4 Å². The Bertz CT molecular complexity index is 638. The summed E-state index contributed by atoms with van der Waals surface area (Å²) in [5, 5.41) is 5.81. The number of nitrogens with one attached hydrogen (secondary N) is 3. The van der Waals surface area contributed by atoms with E-state index in [4.69, 9.17) is 0 Å². The summed E-state index contributed by atoms with van der Waals surface area (Å²) < 4.78 is 0. The molecule has 0 saturated carbocycles. The van der Waals surface area contributed by atoms with Gasteiger partial charge < -0.3 is 20.4 Å². The van der Waals surface area contributed by atoms with Gasteiger partial charge >= 0.3 is 6.03 Å². The number of nitrogens with zero attached hydrogens (tertiary/aromatic N) is 1. The second-order valence-electron chi connectivity index (χ2n) is 6.32. The van der Waals surface area contributed by atoms with Crippen molar-refractivity contribution in [3.8, 4) is 0 Å². The molecule has 0 aliphatic carbocycles. The summed E-state index contributed by atoms with van der Waals surface area (Å²) in [4.78, 5) is 15.4. The van der Waals surface area contributed by atoms with E-state index >= 15 is 0 Å². The van der Waals surface area contributed by atoms with Gasteiger partial charge in [0.1, 0.15) is 6.04 Å². The molecule has 0 heterocycles. The number of hydrogen-bond acceptors (Lipinski definition) is 2. The minimum atomic E-state index is -0.183. The van der Waals surface area contributed by atoms with Gasteiger partial charge in [-0.05, 0) is 24.3 Å². The third-order valence-corrected chi connectivity index (χ3v) is 4.01. The predicted octanol–water partition coefficient (Wildman–Crippen LogP) is 1.76. The van der Waals surface area contributed by atoms with Crippen LogP contribution in [-0.2, 0) is 0 Å². The van der Waals surface area contributed by atoms with Crippen LogP contribution in [0.5, 0.6) is 0 Å². The number of carbonyl (C=O) groups excluding carboxylic acids is 1. The molecule has 2 aromatic carbocycles. The Labute approximate surface area is 144 Å². The minimum absolute atomic E-state index is 0.183. The molecule has 3 N–H and O–H groups in total. The van der Waals surface area contributed by atoms with Crippen molar-refractivity contribution in [3.05, 3.63) is 60.2 Å². The smallest absolute Gasteiger partial charge is 0.319 e. The molecular formula is C19H27N4O+. The summed E-state index contributed by atoms with van der Waals surface area (Å²) in [6.07, 6.45) is 0. The van der Waals surface area contributed by atoms with E-state index in [2.05, 4.69) is 53.9 Å². The summed E-state index contributed by atoms with van der Waals surface area (Å²) in [6, 6.07) is 17.9. The Morgan fingerprint density at radius 3 is 2.21 bits per heavy atom. The number of amides is 2. The first-order chi connectivity index (χ1) is 11.5. The zero-order valence-corrected chi connectivity index (χ0v) is 14.8. The monoisotopic (exact) mass is 327 g/mol. The lowest BCUT2D eigenvalue weighted by atomic mass is 10.1. The Morgan fingerprint density at radius 1 is 1.04 bits per heavy atom. The van der Waals surface area contributed by atoms with Gasteiger partial charge in [-0.15, -0.1) is 0 Å². The van der Waals surface area contributed by atoms with Crippen LogP contribution in [0.25, 0.3) is 0 Å². The number of carbonyl (C=O) groups is 1. The highest BCUT2D eigenvalue weighted by atomic mass is 16.2. The van der Waals surface area contributed by atoms with Crippen LogP contribution in [0, 0.1) is 0 Å². The van der Waals surface area contributed by atoms with Crippen LogP contribution in [0.3, 0.4) is 0 Å². The first-order valence-corrected chi connectivity index (χ1v) is 8.14. The van der Waals surface area contributed by atoms with E-state index < -0.39 is 0 Å². The molecule has 24 heavy (non-hydrogen) atoms. The Hall–Kier alpha value is -2.53. The fraction of sp³-hybridized carbons (Fsp3) is 0.316. The zero-order chi connectivity index (χ0) is 17.5. The number of rotatable bonds is 6. The predicted molar refractivity (Wildman–Crippen MR) is 99.8 cm³/mol. The Morgan fingerprint density at radius 2 is 1.67 bits per heavy atom. The summed E-state index contributed by atoms with van der Waals surface area (Å²) in [6.45, 7) is 0.572. The molecule has 0 aliphatic rings. The SMILES string of the molecule is CN(C)c1ccc([C@@H](CNC(=O)Nc2ccccc2)[NH+](C)C)cc1. The first-order valence-electron chi connectivity index (χ1n) is 8.14. The highest BCUT2D eigenvalue weighted by molar-refractivity contribution is 5.89. The highest BCUT2D eigenvalue weighted by Gasteiger charge is 2.18. The van der Waals surface area contributed by atoms with Crippen molar-refractivity contribution in [3.63, 3.8) is 0 Å². The van der Waals surface area contributed by atoms with Crippen molar-refractivity contribution >= 4 is 17.4 Å². The van der Waals surface area contributed by atoms with Crippen molar-refractivity contribution in [1.29, 1.82) is 0 Å². The molecule has 0 radical (unpaired) electrons. The molecule has 2 amide bonds. The first kappa shape index (κ1) is 17.8. The maximum absolute atomic E-state index is 12.1. The second-order valence-corrected chi connectivity index (χ2v) is 6.32. The molecule has 2 rings (SSSR count). The normalized spacial score (nSPS) is 11.9. The van der Waals surface area contributed by atoms with E-state index in [9.17, 15) is 4.79 Å². The second kappa shape index (κ2) is 8.36.